The van der Waals surface area contributed by atoms with Gasteiger partial charge in [-0.2, -0.15) is 0 Å². The van der Waals surface area contributed by atoms with Gasteiger partial charge >= 0.3 is 0 Å². The number of carbonyl (C=O) groups excluding carboxylic acids is 3. The van der Waals surface area contributed by atoms with Gasteiger partial charge in [-0.05, 0) is 70.7 Å². The Kier molecular flexibility index (Phi) is 9.61. The number of hydrogen-bond donors (Lipinski definition) is 3. The SMILES string of the molecule is [B]C([B])([B])NC(=O)c1nnc(NC(=O)C2CC2)cc1Nc1cccc(-c2nc(C)c(C(=O)N3CCC(N4CCCC4)CC3)s2)c1OC. The van der Waals surface area contributed by atoms with Crippen LogP contribution in [0.15, 0.2) is 24.3 Å². The van der Waals surface area contributed by atoms with Crippen LogP contribution in [0.2, 0.25) is 0 Å². The maximum Gasteiger partial charge on any atom is 0.272 e. The number of ether oxygens (including phenoxy) is 1. The van der Waals surface area contributed by atoms with Crippen LogP contribution in [-0.4, -0.2) is 111 Å². The number of para-hydroxylation sites is 1. The lowest BCUT2D eigenvalue weighted by atomic mass is 9.49. The van der Waals surface area contributed by atoms with Crippen LogP contribution in [0.25, 0.3) is 10.6 Å². The number of nitrogens with zero attached hydrogens (tertiary/aromatic N) is 5. The number of rotatable bonds is 10. The van der Waals surface area contributed by atoms with Gasteiger partial charge in [0.2, 0.25) is 5.91 Å². The first-order valence-electron chi connectivity index (χ1n) is 15.8. The molecule has 16 heteroatoms. The molecule has 3 fully saturated rings. The summed E-state index contributed by atoms with van der Waals surface area (Å²) in [5.41, 5.74) is 1.79. The van der Waals surface area contributed by atoms with E-state index in [2.05, 4.69) is 31.0 Å². The fraction of sp³-hybridized carbons (Fsp3) is 0.484. The van der Waals surface area contributed by atoms with E-state index in [4.69, 9.17) is 33.3 Å². The molecule has 3 aliphatic rings. The minimum Gasteiger partial charge on any atom is -0.494 e. The van der Waals surface area contributed by atoms with Gasteiger partial charge in [0.25, 0.3) is 11.8 Å². The average Bonchev–Trinajstić information content (AvgIpc) is 3.61. The lowest BCUT2D eigenvalue weighted by Gasteiger charge is -2.36. The monoisotopic (exact) mass is 648 g/mol. The second kappa shape index (κ2) is 13.7. The van der Waals surface area contributed by atoms with Crippen molar-refractivity contribution < 1.29 is 19.1 Å². The summed E-state index contributed by atoms with van der Waals surface area (Å²) in [5.74, 6) is -0.462. The van der Waals surface area contributed by atoms with Crippen LogP contribution in [0, 0.1) is 12.8 Å². The standard InChI is InChI=1S/C31H35B3N8O4S/c1-17-26(30(45)42-14-10-19(11-15-42)41-12-3-4-13-41)47-29(35-17)20-6-5-7-21(25(20)46-2)36-22-16-23(37-27(43)18-8-9-18)39-40-24(22)28(44)38-31(32,33)34/h5-7,16,18-19H,3-4,8-15H2,1-2H3,(H,38,44)(H2,36,37,39,43). The van der Waals surface area contributed by atoms with Crippen LogP contribution in [-0.2, 0) is 4.79 Å². The van der Waals surface area contributed by atoms with E-state index >= 15 is 0 Å². The number of aromatic nitrogens is 3. The Morgan fingerprint density at radius 2 is 1.72 bits per heavy atom. The molecule has 2 saturated heterocycles. The van der Waals surface area contributed by atoms with Gasteiger partial charge in [-0.25, -0.2) is 4.98 Å². The molecule has 6 rings (SSSR count). The number of likely N-dealkylation sites (tertiary alicyclic amines) is 2. The first-order valence-corrected chi connectivity index (χ1v) is 16.6. The molecule has 2 aliphatic heterocycles. The fourth-order valence-corrected chi connectivity index (χ4v) is 7.17. The van der Waals surface area contributed by atoms with Crippen LogP contribution < -0.4 is 20.7 Å². The second-order valence-electron chi connectivity index (χ2n) is 12.4. The number of thiazole rings is 1. The second-order valence-corrected chi connectivity index (χ2v) is 13.4. The maximum absolute atomic E-state index is 13.6. The van der Waals surface area contributed by atoms with Gasteiger partial charge in [-0.3, -0.25) is 14.4 Å². The quantitative estimate of drug-likeness (QED) is 0.283. The normalized spacial score (nSPS) is 17.4. The summed E-state index contributed by atoms with van der Waals surface area (Å²) < 4.78 is 5.84. The highest BCUT2D eigenvalue weighted by atomic mass is 32.1. The first-order chi connectivity index (χ1) is 22.5. The number of hydrogen-bond acceptors (Lipinski definition) is 10. The highest BCUT2D eigenvalue weighted by molar-refractivity contribution is 7.17. The molecule has 6 radical (unpaired) electrons. The highest BCUT2D eigenvalue weighted by Crippen LogP contribution is 2.41. The van der Waals surface area contributed by atoms with E-state index in [1.165, 1.54) is 37.4 Å². The smallest absolute Gasteiger partial charge is 0.272 e. The first kappa shape index (κ1) is 33.0. The lowest BCUT2D eigenvalue weighted by Crippen LogP contribution is -2.50. The summed E-state index contributed by atoms with van der Waals surface area (Å²) in [5, 5.41) is 14.8. The van der Waals surface area contributed by atoms with Crippen LogP contribution in [0.3, 0.4) is 0 Å². The van der Waals surface area contributed by atoms with E-state index < -0.39 is 11.1 Å². The van der Waals surface area contributed by atoms with E-state index in [0.717, 1.165) is 51.9 Å². The Bertz CT molecular complexity index is 1660. The summed E-state index contributed by atoms with van der Waals surface area (Å²) in [6, 6.07) is 7.44. The van der Waals surface area contributed by atoms with E-state index in [0.29, 0.717) is 38.6 Å². The van der Waals surface area contributed by atoms with Crippen molar-refractivity contribution in [2.45, 2.75) is 56.7 Å². The number of benzene rings is 1. The van der Waals surface area contributed by atoms with Crippen molar-refractivity contribution in [2.24, 2.45) is 5.92 Å². The molecule has 238 valence electrons. The summed E-state index contributed by atoms with van der Waals surface area (Å²) >= 11 is 1.32. The van der Waals surface area contributed by atoms with E-state index in [9.17, 15) is 14.4 Å². The molecule has 1 aromatic carbocycles. The molecule has 0 spiro atoms. The Balaban J connectivity index is 1.25. The minimum absolute atomic E-state index is 0.00514. The molecule has 0 bridgehead atoms. The van der Waals surface area contributed by atoms with Crippen molar-refractivity contribution in [1.29, 1.82) is 0 Å². The number of carbonyl (C=O) groups is 3. The Hall–Kier alpha value is -3.91. The molecule has 1 saturated carbocycles. The molecule has 2 aromatic heterocycles. The van der Waals surface area contributed by atoms with Crippen LogP contribution in [0.5, 0.6) is 5.75 Å². The summed E-state index contributed by atoms with van der Waals surface area (Å²) in [4.78, 5) is 49.0. The van der Waals surface area contributed by atoms with Gasteiger partial charge in [0.05, 0.1) is 53.3 Å². The van der Waals surface area contributed by atoms with Crippen molar-refractivity contribution in [3.05, 3.63) is 40.5 Å². The molecule has 12 nitrogen and oxygen atoms in total. The zero-order chi connectivity index (χ0) is 33.3. The van der Waals surface area contributed by atoms with Gasteiger partial charge in [-0.15, -0.1) is 21.5 Å². The fourth-order valence-electron chi connectivity index (χ4n) is 6.11. The number of anilines is 3. The Morgan fingerprint density at radius 1 is 1.00 bits per heavy atom. The van der Waals surface area contributed by atoms with Crippen LogP contribution in [0.1, 0.15) is 64.4 Å². The number of nitrogens with one attached hydrogen (secondary N) is 3. The number of amides is 3. The maximum atomic E-state index is 13.6. The summed E-state index contributed by atoms with van der Waals surface area (Å²) in [7, 11) is 18.3. The zero-order valence-corrected chi connectivity index (χ0v) is 27.4. The van der Waals surface area contributed by atoms with Gasteiger partial charge in [0.15, 0.2) is 17.3 Å². The average molecular weight is 648 g/mol. The van der Waals surface area contributed by atoms with Gasteiger partial charge in [0, 0.05) is 31.1 Å². The van der Waals surface area contributed by atoms with Crippen molar-refractivity contribution in [2.75, 3.05) is 43.9 Å². The van der Waals surface area contributed by atoms with Crippen molar-refractivity contribution in [3.8, 4) is 16.3 Å². The highest BCUT2D eigenvalue weighted by Gasteiger charge is 2.32. The molecule has 4 heterocycles. The predicted octanol–water partition coefficient (Wildman–Crippen LogP) is 2.56. The van der Waals surface area contributed by atoms with Crippen LogP contribution in [0.4, 0.5) is 17.2 Å². The molecule has 47 heavy (non-hydrogen) atoms. The predicted molar refractivity (Wildman–Crippen MR) is 183 cm³/mol. The molecular weight excluding hydrogens is 613 g/mol. The van der Waals surface area contributed by atoms with Gasteiger partial charge < -0.3 is 30.5 Å². The molecule has 3 amide bonds. The number of aryl methyl sites for hydroxylation is 1. The molecule has 0 atom stereocenters. The topological polar surface area (TPSA) is 142 Å². The number of piperidine rings is 1. The molecule has 3 aromatic rings. The van der Waals surface area contributed by atoms with Crippen molar-refractivity contribution in [1.82, 2.24) is 30.3 Å². The van der Waals surface area contributed by atoms with E-state index in [1.807, 2.05) is 17.9 Å². The molecule has 1 aliphatic carbocycles. The Labute approximate surface area is 282 Å². The summed E-state index contributed by atoms with van der Waals surface area (Å²) in [6.07, 6.45) is 6.10. The van der Waals surface area contributed by atoms with Crippen LogP contribution >= 0.6 is 11.3 Å². The van der Waals surface area contributed by atoms with E-state index in [1.54, 1.807) is 12.1 Å². The number of methoxy groups -OCH3 is 1. The third-order valence-electron chi connectivity index (χ3n) is 8.66. The van der Waals surface area contributed by atoms with Crippen molar-refractivity contribution >= 4 is 69.8 Å². The summed E-state index contributed by atoms with van der Waals surface area (Å²) in [6.45, 7) is 5.62. The third-order valence-corrected chi connectivity index (χ3v) is 9.84. The molecular formula is C31H35B3N8O4S. The Morgan fingerprint density at radius 3 is 2.38 bits per heavy atom. The van der Waals surface area contributed by atoms with Gasteiger partial charge in [0.1, 0.15) is 9.88 Å². The minimum atomic E-state index is -2.01. The van der Waals surface area contributed by atoms with Crippen molar-refractivity contribution in [3.63, 3.8) is 0 Å². The molecule has 0 unspecified atom stereocenters. The lowest BCUT2D eigenvalue weighted by molar-refractivity contribution is -0.117. The largest absolute Gasteiger partial charge is 0.494 e. The zero-order valence-electron chi connectivity index (χ0n) is 26.5. The molecule has 3 N–H and O–H groups in total. The van der Waals surface area contributed by atoms with E-state index in [-0.39, 0.29) is 34.9 Å². The third kappa shape index (κ3) is 7.64. The van der Waals surface area contributed by atoms with Gasteiger partial charge in [-0.1, -0.05) is 11.3 Å².